The zero-order valence-electron chi connectivity index (χ0n) is 26.3. The van der Waals surface area contributed by atoms with Crippen LogP contribution in [0, 0.1) is 5.92 Å². The Balaban J connectivity index is 2.61. The largest absolute Gasteiger partial charge is 0.461 e. The van der Waals surface area contributed by atoms with E-state index in [1.165, 1.54) is 32.0 Å². The molecule has 1 aromatic rings. The Morgan fingerprint density at radius 3 is 2.14 bits per heavy atom. The highest BCUT2D eigenvalue weighted by Gasteiger charge is 2.64. The minimum Gasteiger partial charge on any atom is -0.461 e. The summed E-state index contributed by atoms with van der Waals surface area (Å²) in [5.41, 5.74) is -0.820. The first-order chi connectivity index (χ1) is 20.6. The van der Waals surface area contributed by atoms with Crippen molar-refractivity contribution in [2.24, 2.45) is 5.92 Å². The molecular formula is C34H43F3O7. The predicted molar refractivity (Wildman–Crippen MR) is 160 cm³/mol. The van der Waals surface area contributed by atoms with Gasteiger partial charge in [-0.3, -0.25) is 9.59 Å². The van der Waals surface area contributed by atoms with Crippen LogP contribution in [-0.2, 0) is 38.9 Å². The standard InChI is InChI=1S/C34H43F3O7/c1-22(2)29-18-16-23(3)12-11-13-24(4)30(19-17-27(21-42-25(5)38)20-31(29)43-26(6)39)44-32(40)33(41-7,34(35,36)37)28-14-9-8-10-15-28/h8-10,12-15,20,29-31H,1,11,16-19,21H2,2-7H3/b23-12+,24-13+,27-20+/t29-,30-,31+,33-/m1/s1. The van der Waals surface area contributed by atoms with Gasteiger partial charge in [0.25, 0.3) is 5.60 Å². The second kappa shape index (κ2) is 16.4. The number of allylic oxidation sites excluding steroid dienone is 3. The van der Waals surface area contributed by atoms with Crippen LogP contribution in [0.5, 0.6) is 0 Å². The van der Waals surface area contributed by atoms with Crippen molar-refractivity contribution in [3.63, 3.8) is 0 Å². The number of carbonyl (C=O) groups excluding carboxylic acids is 3. The third-order valence-corrected chi connectivity index (χ3v) is 7.61. The summed E-state index contributed by atoms with van der Waals surface area (Å²) in [4.78, 5) is 37.3. The third kappa shape index (κ3) is 9.94. The molecule has 242 valence electrons. The molecule has 0 spiro atoms. The molecular weight excluding hydrogens is 577 g/mol. The van der Waals surface area contributed by atoms with Gasteiger partial charge in [-0.1, -0.05) is 60.2 Å². The Bertz CT molecular complexity index is 1260. The first kappa shape index (κ1) is 36.5. The number of rotatable bonds is 8. The average molecular weight is 621 g/mol. The van der Waals surface area contributed by atoms with Crippen molar-refractivity contribution in [1.29, 1.82) is 0 Å². The zero-order valence-corrected chi connectivity index (χ0v) is 26.3. The topological polar surface area (TPSA) is 88.1 Å². The van der Waals surface area contributed by atoms with Crippen LogP contribution >= 0.6 is 0 Å². The number of hydrogen-bond acceptors (Lipinski definition) is 7. The molecule has 44 heavy (non-hydrogen) atoms. The molecule has 0 bridgehead atoms. The van der Waals surface area contributed by atoms with Crippen LogP contribution in [0.3, 0.4) is 0 Å². The molecule has 0 aliphatic heterocycles. The summed E-state index contributed by atoms with van der Waals surface area (Å²) in [5, 5.41) is 0. The molecule has 1 aliphatic carbocycles. The van der Waals surface area contributed by atoms with Gasteiger partial charge in [0.15, 0.2) is 0 Å². The van der Waals surface area contributed by atoms with Gasteiger partial charge < -0.3 is 18.9 Å². The smallest absolute Gasteiger partial charge is 0.432 e. The first-order valence-electron chi connectivity index (χ1n) is 14.5. The van der Waals surface area contributed by atoms with E-state index in [0.29, 0.717) is 30.4 Å². The van der Waals surface area contributed by atoms with Crippen LogP contribution in [0.25, 0.3) is 0 Å². The van der Waals surface area contributed by atoms with Crippen LogP contribution in [-0.4, -0.2) is 50.0 Å². The highest BCUT2D eigenvalue weighted by Crippen LogP contribution is 2.43. The molecule has 0 unspecified atom stereocenters. The Morgan fingerprint density at radius 2 is 1.59 bits per heavy atom. The first-order valence-corrected chi connectivity index (χ1v) is 14.5. The van der Waals surface area contributed by atoms with E-state index in [4.69, 9.17) is 18.9 Å². The maximum atomic E-state index is 14.6. The van der Waals surface area contributed by atoms with Crippen molar-refractivity contribution in [1.82, 2.24) is 0 Å². The second-order valence-electron chi connectivity index (χ2n) is 11.1. The highest BCUT2D eigenvalue weighted by molar-refractivity contribution is 5.83. The van der Waals surface area contributed by atoms with Crippen molar-refractivity contribution < 1.29 is 46.5 Å². The summed E-state index contributed by atoms with van der Waals surface area (Å²) in [6.07, 6.45) is 0.553. The normalized spacial score (nSPS) is 25.3. The van der Waals surface area contributed by atoms with Gasteiger partial charge in [0, 0.05) is 32.4 Å². The van der Waals surface area contributed by atoms with Gasteiger partial charge in [0.05, 0.1) is 0 Å². The molecule has 7 nitrogen and oxygen atoms in total. The summed E-state index contributed by atoms with van der Waals surface area (Å²) < 4.78 is 65.3. The second-order valence-corrected chi connectivity index (χ2v) is 11.1. The number of benzene rings is 1. The molecule has 0 aromatic heterocycles. The fourth-order valence-electron chi connectivity index (χ4n) is 5.10. The van der Waals surface area contributed by atoms with Gasteiger partial charge in [-0.15, -0.1) is 0 Å². The number of alkyl halides is 3. The Hall–Kier alpha value is -3.66. The maximum Gasteiger partial charge on any atom is 0.432 e. The van der Waals surface area contributed by atoms with Crippen molar-refractivity contribution in [2.45, 2.75) is 90.7 Å². The number of ether oxygens (including phenoxy) is 4. The van der Waals surface area contributed by atoms with Gasteiger partial charge >= 0.3 is 24.1 Å². The number of esters is 3. The molecule has 2 rings (SSSR count). The van der Waals surface area contributed by atoms with Gasteiger partial charge in [-0.05, 0) is 70.1 Å². The van der Waals surface area contributed by atoms with E-state index < -0.39 is 47.5 Å². The predicted octanol–water partition coefficient (Wildman–Crippen LogP) is 7.47. The molecule has 0 amide bonds. The fraction of sp³-hybridized carbons (Fsp3) is 0.500. The van der Waals surface area contributed by atoms with Crippen LogP contribution in [0.4, 0.5) is 13.2 Å². The number of halogens is 3. The number of methoxy groups -OCH3 is 1. The average Bonchev–Trinajstić information content (AvgIpc) is 2.93. The summed E-state index contributed by atoms with van der Waals surface area (Å²) >= 11 is 0. The lowest BCUT2D eigenvalue weighted by atomic mass is 9.87. The van der Waals surface area contributed by atoms with E-state index in [9.17, 15) is 27.6 Å². The lowest BCUT2D eigenvalue weighted by Gasteiger charge is -2.34. The van der Waals surface area contributed by atoms with Gasteiger partial charge in [0.1, 0.15) is 18.8 Å². The monoisotopic (exact) mass is 620 g/mol. The van der Waals surface area contributed by atoms with Crippen LogP contribution in [0.1, 0.15) is 72.3 Å². The van der Waals surface area contributed by atoms with Gasteiger partial charge in [-0.25, -0.2) is 4.79 Å². The van der Waals surface area contributed by atoms with E-state index >= 15 is 0 Å². The molecule has 0 heterocycles. The molecule has 0 fully saturated rings. The fourth-order valence-corrected chi connectivity index (χ4v) is 5.10. The molecule has 0 saturated carbocycles. The summed E-state index contributed by atoms with van der Waals surface area (Å²) in [5.74, 6) is -2.89. The summed E-state index contributed by atoms with van der Waals surface area (Å²) in [6, 6.07) is 6.62. The number of hydrogen-bond donors (Lipinski definition) is 0. The SMILES string of the molecule is C=C(C)[C@H]1CC/C(C)=C/C/C=C(\C)[C@H](OC(=O)[C@](OC)(c2ccccc2)C(F)(F)F)CC/C(COC(C)=O)=C\[C@@H]1OC(C)=O. The molecule has 1 aliphatic rings. The third-order valence-electron chi connectivity index (χ3n) is 7.61. The van der Waals surface area contributed by atoms with Crippen molar-refractivity contribution in [2.75, 3.05) is 13.7 Å². The van der Waals surface area contributed by atoms with E-state index in [1.807, 2.05) is 26.0 Å². The molecule has 0 saturated heterocycles. The van der Waals surface area contributed by atoms with Crippen molar-refractivity contribution in [3.8, 4) is 0 Å². The Kier molecular flexibility index (Phi) is 13.6. The van der Waals surface area contributed by atoms with Gasteiger partial charge in [-0.2, -0.15) is 13.2 Å². The Morgan fingerprint density at radius 1 is 0.932 bits per heavy atom. The minimum atomic E-state index is -5.13. The van der Waals surface area contributed by atoms with E-state index in [1.54, 1.807) is 13.0 Å². The van der Waals surface area contributed by atoms with Crippen molar-refractivity contribution >= 4 is 17.9 Å². The molecule has 4 atom stereocenters. The minimum absolute atomic E-state index is 0.0564. The summed E-state index contributed by atoms with van der Waals surface area (Å²) in [7, 11) is 0.818. The van der Waals surface area contributed by atoms with Crippen LogP contribution in [0.2, 0.25) is 0 Å². The lowest BCUT2D eigenvalue weighted by molar-refractivity contribution is -0.277. The molecule has 10 heteroatoms. The lowest BCUT2D eigenvalue weighted by Crippen LogP contribution is -2.52. The van der Waals surface area contributed by atoms with E-state index in [-0.39, 0.29) is 25.4 Å². The van der Waals surface area contributed by atoms with E-state index in [0.717, 1.165) is 30.4 Å². The maximum absolute atomic E-state index is 14.6. The zero-order chi connectivity index (χ0) is 33.1. The molecule has 0 N–H and O–H groups in total. The van der Waals surface area contributed by atoms with Crippen molar-refractivity contribution in [3.05, 3.63) is 83.0 Å². The van der Waals surface area contributed by atoms with E-state index in [2.05, 4.69) is 6.58 Å². The highest BCUT2D eigenvalue weighted by atomic mass is 19.4. The Labute approximate surface area is 257 Å². The van der Waals surface area contributed by atoms with Crippen LogP contribution in [0.15, 0.2) is 77.4 Å². The molecule has 0 radical (unpaired) electrons. The van der Waals surface area contributed by atoms with Gasteiger partial charge in [0.2, 0.25) is 0 Å². The molecule has 1 aromatic carbocycles. The quantitative estimate of drug-likeness (QED) is 0.169. The number of carbonyl (C=O) groups is 3. The summed E-state index contributed by atoms with van der Waals surface area (Å²) in [6.45, 7) is 12.0. The van der Waals surface area contributed by atoms with Crippen LogP contribution < -0.4 is 0 Å².